The van der Waals surface area contributed by atoms with E-state index in [-0.39, 0.29) is 25.1 Å². The molecule has 0 saturated heterocycles. The summed E-state index contributed by atoms with van der Waals surface area (Å²) in [6.07, 6.45) is 4.41. The highest BCUT2D eigenvalue weighted by Crippen LogP contribution is 2.61. The second-order valence-electron chi connectivity index (χ2n) is 3.75. The van der Waals surface area contributed by atoms with Crippen LogP contribution in [-0.2, 0) is 13.7 Å². The van der Waals surface area contributed by atoms with Crippen molar-refractivity contribution in [2.45, 2.75) is 44.6 Å². The highest BCUT2D eigenvalue weighted by molar-refractivity contribution is 7.70. The first-order valence-electron chi connectivity index (χ1n) is 5.42. The van der Waals surface area contributed by atoms with Crippen LogP contribution < -0.4 is 18.5 Å². The number of unbranched alkanes of at least 4 members (excludes halogenated alkanes) is 4. The largest absolute Gasteiger partial charge is 0.370 e. The Bertz CT molecular complexity index is 312. The van der Waals surface area contributed by atoms with Gasteiger partial charge in [0.05, 0.1) is 6.61 Å². The number of aliphatic hydroxyl groups is 1. The third-order valence-corrected chi connectivity index (χ3v) is 5.63. The van der Waals surface area contributed by atoms with Crippen LogP contribution in [0.1, 0.15) is 39.0 Å². The molecule has 0 fully saturated rings. The van der Waals surface area contributed by atoms with Crippen molar-refractivity contribution >= 4 is 15.2 Å². The zero-order valence-corrected chi connectivity index (χ0v) is 13.6. The topological polar surface area (TPSA) is 229 Å². The molecule has 0 bridgehead atoms. The highest BCUT2D eigenvalue weighted by atomic mass is 31.2. The molecule has 10 nitrogen and oxygen atoms in total. The fourth-order valence-corrected chi connectivity index (χ4v) is 3.40. The Kier molecular flexibility index (Phi) is 18.2. The zero-order valence-electron chi connectivity index (χ0n) is 11.8. The average molecular weight is 341 g/mol. The van der Waals surface area contributed by atoms with Gasteiger partial charge < -0.3 is 42.8 Å². The van der Waals surface area contributed by atoms with Crippen LogP contribution in [0.5, 0.6) is 0 Å². The van der Waals surface area contributed by atoms with E-state index < -0.39 is 20.8 Å². The third-order valence-electron chi connectivity index (χ3n) is 2.12. The Labute approximate surface area is 119 Å². The summed E-state index contributed by atoms with van der Waals surface area (Å²) in [4.78, 5) is 26.2. The van der Waals surface area contributed by atoms with E-state index in [1.807, 2.05) is 0 Å². The van der Waals surface area contributed by atoms with Crippen molar-refractivity contribution in [2.24, 2.45) is 0 Å². The highest BCUT2D eigenvalue weighted by Gasteiger charge is 2.44. The van der Waals surface area contributed by atoms with Crippen LogP contribution in [0.4, 0.5) is 0 Å². The molecular formula is C8H29N3O7P2. The second-order valence-corrected chi connectivity index (χ2v) is 7.70. The first-order valence-corrected chi connectivity index (χ1v) is 8.75. The van der Waals surface area contributed by atoms with Gasteiger partial charge >= 0.3 is 15.2 Å². The van der Waals surface area contributed by atoms with Crippen LogP contribution in [-0.4, -0.2) is 32.0 Å². The first-order chi connectivity index (χ1) is 7.72. The number of aliphatic hydroxyl groups excluding tert-OH is 1. The van der Waals surface area contributed by atoms with Crippen LogP contribution in [0.15, 0.2) is 0 Å². The summed E-state index contributed by atoms with van der Waals surface area (Å²) in [5.41, 5.74) is -2.66. The van der Waals surface area contributed by atoms with Crippen molar-refractivity contribution < 1.29 is 33.4 Å². The molecule has 0 aromatic rings. The van der Waals surface area contributed by atoms with E-state index in [9.17, 15) is 9.13 Å². The van der Waals surface area contributed by atoms with Crippen molar-refractivity contribution in [3.63, 3.8) is 0 Å². The second kappa shape index (κ2) is 12.8. The summed E-state index contributed by atoms with van der Waals surface area (Å²) in [7, 11) is -9.70. The van der Waals surface area contributed by atoms with Gasteiger partial charge in [0.25, 0.3) is 5.59 Å². The Morgan fingerprint density at radius 2 is 1.40 bits per heavy atom. The summed E-state index contributed by atoms with van der Waals surface area (Å²) >= 11 is 0. The van der Waals surface area contributed by atoms with Crippen molar-refractivity contribution in [3.05, 3.63) is 0 Å². The summed E-state index contributed by atoms with van der Waals surface area (Å²) in [5.74, 6) is 0. The molecule has 0 amide bonds. The van der Waals surface area contributed by atoms with Gasteiger partial charge in [-0.2, -0.15) is 0 Å². The van der Waals surface area contributed by atoms with Gasteiger partial charge in [-0.05, 0) is 6.42 Å². The van der Waals surface area contributed by atoms with Gasteiger partial charge in [-0.1, -0.05) is 32.6 Å². The van der Waals surface area contributed by atoms with Crippen molar-refractivity contribution in [1.29, 1.82) is 0 Å². The predicted molar refractivity (Wildman–Crippen MR) is 77.7 cm³/mol. The lowest BCUT2D eigenvalue weighted by molar-refractivity contribution is 0.186. The lowest BCUT2D eigenvalue weighted by Crippen LogP contribution is -2.10. The smallest absolute Gasteiger partial charge is 0.368 e. The van der Waals surface area contributed by atoms with Gasteiger partial charge in [0, 0.05) is 0 Å². The number of hydrogen-bond donors (Lipinski definition) is 7. The van der Waals surface area contributed by atoms with Crippen LogP contribution in [0.2, 0.25) is 0 Å². The lowest BCUT2D eigenvalue weighted by atomic mass is 10.2. The third kappa shape index (κ3) is 11.9. The lowest BCUT2D eigenvalue weighted by Gasteiger charge is -2.18. The quantitative estimate of drug-likeness (QED) is 0.238. The monoisotopic (exact) mass is 341 g/mol. The van der Waals surface area contributed by atoms with E-state index in [0.29, 0.717) is 6.42 Å². The Morgan fingerprint density at radius 3 is 1.80 bits per heavy atom. The maximum atomic E-state index is 11.2. The molecule has 0 spiro atoms. The molecule has 12 heteroatoms. The van der Waals surface area contributed by atoms with Crippen LogP contribution in [0, 0.1) is 0 Å². The SMILES string of the molecule is CCCCCCCOP(=O)(O)C(O)P(=O)(O)O.N.N.N. The Balaban J connectivity index is -0.000000427. The molecule has 2 atom stereocenters. The van der Waals surface area contributed by atoms with Crippen LogP contribution in [0.3, 0.4) is 0 Å². The molecule has 2 unspecified atom stereocenters. The van der Waals surface area contributed by atoms with E-state index in [1.165, 1.54) is 0 Å². The molecule has 0 aliphatic heterocycles. The molecule has 0 aromatic carbocycles. The molecule has 0 aliphatic rings. The molecule has 0 rings (SSSR count). The predicted octanol–water partition coefficient (Wildman–Crippen LogP) is 2.10. The van der Waals surface area contributed by atoms with Crippen molar-refractivity contribution in [3.8, 4) is 0 Å². The van der Waals surface area contributed by atoms with E-state index >= 15 is 0 Å². The van der Waals surface area contributed by atoms with Gasteiger partial charge in [-0.15, -0.1) is 0 Å². The standard InChI is InChI=1S/C8H20O7P2.3H3N/c1-2-3-4-5-6-7-15-17(13,14)8(9)16(10,11)12;;;/h8-9H,2-7H2,1H3,(H,13,14)(H2,10,11,12);3*1H3. The van der Waals surface area contributed by atoms with Gasteiger partial charge in [0.15, 0.2) is 0 Å². The minimum atomic E-state index is -5.03. The van der Waals surface area contributed by atoms with Gasteiger partial charge in [-0.3, -0.25) is 9.13 Å². The minimum absolute atomic E-state index is 0. The van der Waals surface area contributed by atoms with E-state index in [1.54, 1.807) is 0 Å². The molecule has 0 aromatic heterocycles. The zero-order chi connectivity index (χ0) is 13.5. The molecular weight excluding hydrogens is 312 g/mol. The first kappa shape index (κ1) is 28.3. The molecule has 20 heavy (non-hydrogen) atoms. The summed E-state index contributed by atoms with van der Waals surface area (Å²) < 4.78 is 26.3. The average Bonchev–Trinajstić information content (AvgIpc) is 2.20. The summed E-state index contributed by atoms with van der Waals surface area (Å²) in [6, 6.07) is 0. The van der Waals surface area contributed by atoms with Gasteiger partial charge in [0.1, 0.15) is 0 Å². The molecule has 128 valence electrons. The molecule has 0 aliphatic carbocycles. The maximum Gasteiger partial charge on any atom is 0.368 e. The van der Waals surface area contributed by atoms with E-state index in [0.717, 1.165) is 25.7 Å². The molecule has 0 saturated carbocycles. The fraction of sp³-hybridized carbons (Fsp3) is 1.00. The summed E-state index contributed by atoms with van der Waals surface area (Å²) in [5, 5.41) is 8.95. The minimum Gasteiger partial charge on any atom is -0.370 e. The fourth-order valence-electron chi connectivity index (χ4n) is 1.16. The Morgan fingerprint density at radius 1 is 0.950 bits per heavy atom. The van der Waals surface area contributed by atoms with Crippen LogP contribution >= 0.6 is 15.2 Å². The van der Waals surface area contributed by atoms with Crippen molar-refractivity contribution in [2.75, 3.05) is 6.61 Å². The molecule has 0 radical (unpaired) electrons. The van der Waals surface area contributed by atoms with Gasteiger partial charge in [-0.25, -0.2) is 0 Å². The Hall–Kier alpha value is 0.140. The van der Waals surface area contributed by atoms with E-state index in [4.69, 9.17) is 19.8 Å². The van der Waals surface area contributed by atoms with Crippen LogP contribution in [0.25, 0.3) is 0 Å². The number of hydrogen-bond acceptors (Lipinski definition) is 7. The molecule has 13 N–H and O–H groups in total. The van der Waals surface area contributed by atoms with Crippen molar-refractivity contribution in [1.82, 2.24) is 18.5 Å². The normalized spacial score (nSPS) is 15.1. The van der Waals surface area contributed by atoms with Gasteiger partial charge in [0.2, 0.25) is 0 Å². The van der Waals surface area contributed by atoms with E-state index in [2.05, 4.69) is 11.4 Å². The maximum absolute atomic E-state index is 11.2. The summed E-state index contributed by atoms with van der Waals surface area (Å²) in [6.45, 7) is 1.95. The number of rotatable bonds is 9. The molecule has 0 heterocycles.